The Morgan fingerprint density at radius 3 is 2.81 bits per heavy atom. The number of hydrogen-bond donors (Lipinski definition) is 1. The average Bonchev–Trinajstić information content (AvgIpc) is 3.15. The number of methoxy groups -OCH3 is 1. The lowest BCUT2D eigenvalue weighted by molar-refractivity contribution is -0.661. The van der Waals surface area contributed by atoms with Crippen LogP contribution >= 0.6 is 0 Å². The average molecular weight is 359 g/mol. The van der Waals surface area contributed by atoms with Crippen molar-refractivity contribution in [2.45, 2.75) is 44.6 Å². The summed E-state index contributed by atoms with van der Waals surface area (Å²) in [5.41, 5.74) is 1.23. The monoisotopic (exact) mass is 358 g/mol. The van der Waals surface area contributed by atoms with Gasteiger partial charge in [-0.2, -0.15) is 0 Å². The Hall–Kier alpha value is -1.78. The number of rotatable bonds is 8. The predicted molar refractivity (Wildman–Crippen MR) is 103 cm³/mol. The fraction of sp³-hybridized carbons (Fsp3) is 0.545. The molecule has 1 aliphatic rings. The van der Waals surface area contributed by atoms with Crippen LogP contribution in [0.4, 0.5) is 0 Å². The highest BCUT2D eigenvalue weighted by Crippen LogP contribution is 2.34. The zero-order valence-electron chi connectivity index (χ0n) is 16.2. The van der Waals surface area contributed by atoms with E-state index in [-0.39, 0.29) is 11.5 Å². The van der Waals surface area contributed by atoms with Gasteiger partial charge in [-0.25, -0.2) is 0 Å². The molecule has 1 aliphatic heterocycles. The van der Waals surface area contributed by atoms with Crippen molar-refractivity contribution in [3.8, 4) is 5.75 Å². The summed E-state index contributed by atoms with van der Waals surface area (Å²) in [6.07, 6.45) is 5.11. The highest BCUT2D eigenvalue weighted by molar-refractivity contribution is 5.39. The van der Waals surface area contributed by atoms with Gasteiger partial charge in [-0.05, 0) is 44.9 Å². The molecule has 4 nitrogen and oxygen atoms in total. The van der Waals surface area contributed by atoms with Gasteiger partial charge < -0.3 is 19.2 Å². The van der Waals surface area contributed by atoms with Crippen LogP contribution in [0.2, 0.25) is 0 Å². The standard InChI is InChI=1S/C22H31NO3/c1-22(2)15-17(11-14-26-22)16-23-12-10-19(21-9-6-13-25-21)18-7-4-5-8-20(18)24-3/h4-9,13,17,19,23H,10-12,14-16H2,1-3H3/p+1/t17-,19-/m0/s1. The zero-order chi connectivity index (χ0) is 18.4. The first-order valence-corrected chi connectivity index (χ1v) is 9.71. The Morgan fingerprint density at radius 2 is 2.08 bits per heavy atom. The van der Waals surface area contributed by atoms with E-state index in [2.05, 4.69) is 37.4 Å². The second-order valence-corrected chi connectivity index (χ2v) is 7.88. The van der Waals surface area contributed by atoms with Gasteiger partial charge in [-0.15, -0.1) is 0 Å². The third kappa shape index (κ3) is 4.89. The van der Waals surface area contributed by atoms with E-state index in [0.29, 0.717) is 0 Å². The lowest BCUT2D eigenvalue weighted by atomic mass is 9.88. The molecule has 2 atom stereocenters. The minimum absolute atomic E-state index is 0.0326. The van der Waals surface area contributed by atoms with Gasteiger partial charge in [0.05, 0.1) is 38.0 Å². The first kappa shape index (κ1) is 19.0. The van der Waals surface area contributed by atoms with Crippen molar-refractivity contribution in [3.05, 3.63) is 54.0 Å². The van der Waals surface area contributed by atoms with E-state index in [1.165, 1.54) is 18.5 Å². The maximum Gasteiger partial charge on any atom is 0.122 e. The SMILES string of the molecule is COc1ccccc1[C@H](CC[NH2+]C[C@H]1CCOC(C)(C)C1)c1ccco1. The summed E-state index contributed by atoms with van der Waals surface area (Å²) in [5.74, 6) is 2.91. The third-order valence-electron chi connectivity index (χ3n) is 5.36. The van der Waals surface area contributed by atoms with Crippen LogP contribution in [0.15, 0.2) is 47.1 Å². The molecule has 3 rings (SSSR count). The maximum atomic E-state index is 5.83. The molecule has 1 saturated heterocycles. The number of nitrogens with two attached hydrogens (primary N) is 1. The largest absolute Gasteiger partial charge is 0.496 e. The molecule has 0 spiro atoms. The van der Waals surface area contributed by atoms with Crippen LogP contribution in [0.3, 0.4) is 0 Å². The molecular formula is C22H32NO3+. The van der Waals surface area contributed by atoms with Gasteiger partial charge in [0, 0.05) is 24.5 Å². The van der Waals surface area contributed by atoms with Crippen LogP contribution in [0, 0.1) is 5.92 Å². The predicted octanol–water partition coefficient (Wildman–Crippen LogP) is 3.58. The fourth-order valence-electron chi connectivity index (χ4n) is 4.09. The molecule has 0 radical (unpaired) electrons. The smallest absolute Gasteiger partial charge is 0.122 e. The van der Waals surface area contributed by atoms with E-state index in [9.17, 15) is 0 Å². The first-order valence-electron chi connectivity index (χ1n) is 9.71. The zero-order valence-corrected chi connectivity index (χ0v) is 16.2. The molecule has 0 amide bonds. The number of hydrogen-bond acceptors (Lipinski definition) is 3. The fourth-order valence-corrected chi connectivity index (χ4v) is 4.09. The summed E-state index contributed by atoms with van der Waals surface area (Å²) in [4.78, 5) is 0. The van der Waals surface area contributed by atoms with Crippen molar-refractivity contribution in [1.29, 1.82) is 0 Å². The summed E-state index contributed by atoms with van der Waals surface area (Å²) < 4.78 is 17.2. The molecule has 2 N–H and O–H groups in total. The normalized spacial score (nSPS) is 20.7. The molecule has 0 bridgehead atoms. The maximum absolute atomic E-state index is 5.83. The van der Waals surface area contributed by atoms with Crippen LogP contribution < -0.4 is 10.1 Å². The lowest BCUT2D eigenvalue weighted by Gasteiger charge is -2.34. The number of ether oxygens (including phenoxy) is 2. The molecule has 4 heteroatoms. The molecule has 0 saturated carbocycles. The first-order chi connectivity index (χ1) is 12.6. The molecule has 142 valence electrons. The van der Waals surface area contributed by atoms with Crippen LogP contribution in [0.25, 0.3) is 0 Å². The van der Waals surface area contributed by atoms with Gasteiger partial charge in [0.25, 0.3) is 0 Å². The third-order valence-corrected chi connectivity index (χ3v) is 5.36. The van der Waals surface area contributed by atoms with Gasteiger partial charge in [0.2, 0.25) is 0 Å². The van der Waals surface area contributed by atoms with Crippen molar-refractivity contribution in [2.24, 2.45) is 5.92 Å². The molecule has 1 fully saturated rings. The van der Waals surface area contributed by atoms with Gasteiger partial charge >= 0.3 is 0 Å². The van der Waals surface area contributed by atoms with Gasteiger partial charge in [-0.1, -0.05) is 18.2 Å². The van der Waals surface area contributed by atoms with Crippen LogP contribution in [0.1, 0.15) is 50.4 Å². The number of benzene rings is 1. The molecule has 1 aromatic carbocycles. The second kappa shape index (κ2) is 8.74. The Bertz CT molecular complexity index is 666. The highest BCUT2D eigenvalue weighted by atomic mass is 16.5. The Kier molecular flexibility index (Phi) is 6.38. The Labute approximate surface area is 156 Å². The summed E-state index contributed by atoms with van der Waals surface area (Å²) in [5, 5.41) is 2.46. The van der Waals surface area contributed by atoms with E-state index in [1.54, 1.807) is 13.4 Å². The molecule has 0 aliphatic carbocycles. The van der Waals surface area contributed by atoms with E-state index in [4.69, 9.17) is 13.9 Å². The molecule has 2 aromatic rings. The molecule has 2 heterocycles. The Balaban J connectivity index is 1.59. The van der Waals surface area contributed by atoms with Gasteiger partial charge in [0.15, 0.2) is 0 Å². The lowest BCUT2D eigenvalue weighted by Crippen LogP contribution is -2.86. The van der Waals surface area contributed by atoms with Crippen molar-refractivity contribution >= 4 is 0 Å². The van der Waals surface area contributed by atoms with Crippen LogP contribution in [0.5, 0.6) is 5.75 Å². The summed E-state index contributed by atoms with van der Waals surface area (Å²) in [6.45, 7) is 7.54. The molecular weight excluding hydrogens is 326 g/mol. The molecule has 1 aromatic heterocycles. The topological polar surface area (TPSA) is 48.2 Å². The summed E-state index contributed by atoms with van der Waals surface area (Å²) in [7, 11) is 1.73. The number of quaternary nitrogens is 1. The van der Waals surface area contributed by atoms with E-state index >= 15 is 0 Å². The van der Waals surface area contributed by atoms with E-state index < -0.39 is 0 Å². The molecule has 26 heavy (non-hydrogen) atoms. The van der Waals surface area contributed by atoms with Gasteiger partial charge in [0.1, 0.15) is 11.5 Å². The number of para-hydroxylation sites is 1. The minimum Gasteiger partial charge on any atom is -0.496 e. The second-order valence-electron chi connectivity index (χ2n) is 7.88. The quantitative estimate of drug-likeness (QED) is 0.734. The van der Waals surface area contributed by atoms with Crippen molar-refractivity contribution in [1.82, 2.24) is 0 Å². The molecule has 0 unspecified atom stereocenters. The van der Waals surface area contributed by atoms with Gasteiger partial charge in [-0.3, -0.25) is 0 Å². The van der Waals surface area contributed by atoms with Crippen molar-refractivity contribution in [2.75, 3.05) is 26.8 Å². The highest BCUT2D eigenvalue weighted by Gasteiger charge is 2.29. The number of furan rings is 1. The van der Waals surface area contributed by atoms with Crippen molar-refractivity contribution in [3.63, 3.8) is 0 Å². The minimum atomic E-state index is 0.0326. The van der Waals surface area contributed by atoms with Crippen LogP contribution in [-0.2, 0) is 4.74 Å². The van der Waals surface area contributed by atoms with E-state index in [0.717, 1.165) is 43.4 Å². The summed E-state index contributed by atoms with van der Waals surface area (Å²) in [6, 6.07) is 12.3. The van der Waals surface area contributed by atoms with E-state index in [1.807, 2.05) is 18.2 Å². The van der Waals surface area contributed by atoms with Crippen molar-refractivity contribution < 1.29 is 19.2 Å². The Morgan fingerprint density at radius 1 is 1.23 bits per heavy atom. The summed E-state index contributed by atoms with van der Waals surface area (Å²) >= 11 is 0. The van der Waals surface area contributed by atoms with Crippen LogP contribution in [-0.4, -0.2) is 32.4 Å².